The van der Waals surface area contributed by atoms with Crippen LogP contribution in [0.25, 0.3) is 0 Å². The number of nitrogens with zero attached hydrogens (tertiary/aromatic N) is 3. The van der Waals surface area contributed by atoms with Crippen LogP contribution in [0.15, 0.2) is 18.2 Å². The Morgan fingerprint density at radius 3 is 3.18 bits per heavy atom. The van der Waals surface area contributed by atoms with Gasteiger partial charge in [-0.3, -0.25) is 0 Å². The summed E-state index contributed by atoms with van der Waals surface area (Å²) in [6.07, 6.45) is 5.00. The number of anilines is 1. The number of likely N-dealkylation sites (tertiary alicyclic amines) is 1. The lowest BCUT2D eigenvalue weighted by Crippen LogP contribution is -2.34. The molecule has 0 unspecified atom stereocenters. The molecule has 5 nitrogen and oxygen atoms in total. The number of nitrogens with one attached hydrogen (secondary N) is 1. The van der Waals surface area contributed by atoms with Gasteiger partial charge in [0.2, 0.25) is 0 Å². The van der Waals surface area contributed by atoms with Gasteiger partial charge in [0.15, 0.2) is 0 Å². The highest BCUT2D eigenvalue weighted by Gasteiger charge is 2.46. The van der Waals surface area contributed by atoms with Crippen LogP contribution in [-0.2, 0) is 4.74 Å². The molecule has 2 saturated heterocycles. The number of nitriles is 1. The van der Waals surface area contributed by atoms with E-state index in [-0.39, 0.29) is 5.60 Å². The average Bonchev–Trinajstić information content (AvgIpc) is 3.13. The first-order valence-electron chi connectivity index (χ1n) is 8.25. The second kappa shape index (κ2) is 5.53. The van der Waals surface area contributed by atoms with Crippen LogP contribution in [0, 0.1) is 17.2 Å². The normalized spacial score (nSPS) is 31.5. The molecule has 0 radical (unpaired) electrons. The Morgan fingerprint density at radius 1 is 1.45 bits per heavy atom. The number of hydrogen-bond acceptors (Lipinski definition) is 5. The van der Waals surface area contributed by atoms with Crippen LogP contribution in [-0.4, -0.2) is 47.8 Å². The molecule has 2 aliphatic heterocycles. The third-order valence-corrected chi connectivity index (χ3v) is 5.03. The zero-order chi connectivity index (χ0) is 15.0. The van der Waals surface area contributed by atoms with Gasteiger partial charge < -0.3 is 15.0 Å². The van der Waals surface area contributed by atoms with E-state index in [1.54, 1.807) is 6.07 Å². The van der Waals surface area contributed by atoms with E-state index in [9.17, 15) is 0 Å². The third kappa shape index (κ3) is 2.94. The van der Waals surface area contributed by atoms with Gasteiger partial charge in [0.05, 0.1) is 18.2 Å². The summed E-state index contributed by atoms with van der Waals surface area (Å²) >= 11 is 0. The number of rotatable bonds is 4. The summed E-state index contributed by atoms with van der Waals surface area (Å²) in [7, 11) is 0. The van der Waals surface area contributed by atoms with Gasteiger partial charge in [-0.2, -0.15) is 5.26 Å². The van der Waals surface area contributed by atoms with E-state index in [1.165, 1.54) is 25.9 Å². The molecule has 1 aromatic heterocycles. The fraction of sp³-hybridized carbons (Fsp3) is 0.647. The molecule has 22 heavy (non-hydrogen) atoms. The summed E-state index contributed by atoms with van der Waals surface area (Å²) in [5, 5.41) is 12.4. The minimum Gasteiger partial charge on any atom is -0.371 e. The predicted molar refractivity (Wildman–Crippen MR) is 83.4 cm³/mol. The summed E-state index contributed by atoms with van der Waals surface area (Å²) in [5.74, 6) is 1.72. The van der Waals surface area contributed by atoms with Crippen molar-refractivity contribution in [3.05, 3.63) is 23.9 Å². The van der Waals surface area contributed by atoms with Gasteiger partial charge in [0.1, 0.15) is 17.6 Å². The molecule has 116 valence electrons. The molecule has 1 aromatic rings. The van der Waals surface area contributed by atoms with Gasteiger partial charge >= 0.3 is 0 Å². The van der Waals surface area contributed by atoms with Crippen molar-refractivity contribution >= 4 is 5.82 Å². The van der Waals surface area contributed by atoms with Gasteiger partial charge in [-0.1, -0.05) is 6.07 Å². The molecule has 1 N–H and O–H groups in total. The summed E-state index contributed by atoms with van der Waals surface area (Å²) in [5.41, 5.74) is 0.495. The zero-order valence-electron chi connectivity index (χ0n) is 12.8. The Hall–Kier alpha value is -1.64. The van der Waals surface area contributed by atoms with Crippen molar-refractivity contribution < 1.29 is 4.74 Å². The van der Waals surface area contributed by atoms with Crippen molar-refractivity contribution in [1.82, 2.24) is 9.88 Å². The van der Waals surface area contributed by atoms with Crippen molar-refractivity contribution in [2.24, 2.45) is 5.92 Å². The van der Waals surface area contributed by atoms with Crippen LogP contribution < -0.4 is 5.32 Å². The quantitative estimate of drug-likeness (QED) is 0.921. The van der Waals surface area contributed by atoms with Crippen LogP contribution >= 0.6 is 0 Å². The average molecular weight is 298 g/mol. The molecule has 5 heteroatoms. The first-order valence-corrected chi connectivity index (χ1v) is 8.25. The highest BCUT2D eigenvalue weighted by molar-refractivity contribution is 5.39. The molecule has 3 heterocycles. The van der Waals surface area contributed by atoms with Crippen molar-refractivity contribution in [2.45, 2.75) is 37.3 Å². The smallest absolute Gasteiger partial charge is 0.142 e. The maximum atomic E-state index is 8.93. The van der Waals surface area contributed by atoms with Crippen LogP contribution in [0.1, 0.15) is 31.4 Å². The van der Waals surface area contributed by atoms with E-state index < -0.39 is 0 Å². The topological polar surface area (TPSA) is 61.2 Å². The summed E-state index contributed by atoms with van der Waals surface area (Å²) in [6.45, 7) is 4.24. The summed E-state index contributed by atoms with van der Waals surface area (Å²) in [4.78, 5) is 6.87. The first-order chi connectivity index (χ1) is 10.7. The lowest BCUT2D eigenvalue weighted by molar-refractivity contribution is 0.0123. The molecule has 0 aromatic carbocycles. The van der Waals surface area contributed by atoms with Gasteiger partial charge in [-0.25, -0.2) is 4.98 Å². The molecule has 2 atom stereocenters. The Bertz CT molecular complexity index is 595. The SMILES string of the molecule is N#Cc1cccc(N[C@@H]2CO[C@]3(CCN(CC4CC4)C3)C2)n1. The second-order valence-electron chi connectivity index (χ2n) is 6.99. The van der Waals surface area contributed by atoms with Crippen molar-refractivity contribution in [3.8, 4) is 6.07 Å². The molecule has 1 aliphatic carbocycles. The van der Waals surface area contributed by atoms with E-state index in [0.717, 1.165) is 37.7 Å². The largest absolute Gasteiger partial charge is 0.371 e. The van der Waals surface area contributed by atoms with Crippen LogP contribution in [0.5, 0.6) is 0 Å². The lowest BCUT2D eigenvalue weighted by atomic mass is 9.97. The molecule has 0 amide bonds. The Morgan fingerprint density at radius 2 is 2.36 bits per heavy atom. The maximum Gasteiger partial charge on any atom is 0.142 e. The first kappa shape index (κ1) is 14.0. The predicted octanol–water partition coefficient (Wildman–Crippen LogP) is 2.01. The highest BCUT2D eigenvalue weighted by Crippen LogP contribution is 2.38. The van der Waals surface area contributed by atoms with Gasteiger partial charge in [-0.15, -0.1) is 0 Å². The minimum absolute atomic E-state index is 0.0411. The van der Waals surface area contributed by atoms with Gasteiger partial charge in [0, 0.05) is 26.1 Å². The van der Waals surface area contributed by atoms with Crippen molar-refractivity contribution in [1.29, 1.82) is 5.26 Å². The van der Waals surface area contributed by atoms with Crippen LogP contribution in [0.2, 0.25) is 0 Å². The number of aromatic nitrogens is 1. The van der Waals surface area contributed by atoms with Crippen molar-refractivity contribution in [2.75, 3.05) is 31.6 Å². The Balaban J connectivity index is 1.35. The van der Waals surface area contributed by atoms with E-state index in [2.05, 4.69) is 21.3 Å². The minimum atomic E-state index is 0.0411. The third-order valence-electron chi connectivity index (χ3n) is 5.03. The molecular formula is C17H22N4O. The highest BCUT2D eigenvalue weighted by atomic mass is 16.5. The second-order valence-corrected chi connectivity index (χ2v) is 6.99. The van der Waals surface area contributed by atoms with E-state index in [0.29, 0.717) is 11.7 Å². The lowest BCUT2D eigenvalue weighted by Gasteiger charge is -2.23. The number of hydrogen-bond donors (Lipinski definition) is 1. The molecule has 1 saturated carbocycles. The fourth-order valence-corrected chi connectivity index (χ4v) is 3.76. The van der Waals surface area contributed by atoms with E-state index in [4.69, 9.17) is 10.00 Å². The molecule has 3 aliphatic rings. The zero-order valence-corrected chi connectivity index (χ0v) is 12.8. The van der Waals surface area contributed by atoms with E-state index in [1.807, 2.05) is 12.1 Å². The number of pyridine rings is 1. The molecule has 0 bridgehead atoms. The van der Waals surface area contributed by atoms with Crippen LogP contribution in [0.4, 0.5) is 5.82 Å². The standard InChI is InChI=1S/C17H22N4O/c18-9-14-2-1-3-16(19-14)20-15-8-17(22-11-15)6-7-21(12-17)10-13-4-5-13/h1-3,13,15H,4-8,10-12H2,(H,19,20)/t15-,17+/m0/s1. The summed E-state index contributed by atoms with van der Waals surface area (Å²) < 4.78 is 6.18. The molecule has 1 spiro atoms. The fourth-order valence-electron chi connectivity index (χ4n) is 3.76. The maximum absolute atomic E-state index is 8.93. The molecular weight excluding hydrogens is 276 g/mol. The molecule has 3 fully saturated rings. The van der Waals surface area contributed by atoms with Crippen molar-refractivity contribution in [3.63, 3.8) is 0 Å². The van der Waals surface area contributed by atoms with Gasteiger partial charge in [-0.05, 0) is 37.3 Å². The van der Waals surface area contributed by atoms with Crippen LogP contribution in [0.3, 0.4) is 0 Å². The summed E-state index contributed by atoms with van der Waals surface area (Å²) in [6, 6.07) is 7.89. The Kier molecular flexibility index (Phi) is 3.51. The van der Waals surface area contributed by atoms with E-state index >= 15 is 0 Å². The molecule has 4 rings (SSSR count). The van der Waals surface area contributed by atoms with Gasteiger partial charge in [0.25, 0.3) is 0 Å². The monoisotopic (exact) mass is 298 g/mol. The Labute approximate surface area is 131 Å². The number of ether oxygens (including phenoxy) is 1.